The molecule has 1 aromatic carbocycles. The number of hydrogen-bond donors (Lipinski definition) is 0. The summed E-state index contributed by atoms with van der Waals surface area (Å²) in [5.41, 5.74) is 0. The molecule has 1 aliphatic rings. The van der Waals surface area contributed by atoms with Gasteiger partial charge in [-0.25, -0.2) is 12.8 Å². The van der Waals surface area contributed by atoms with Crippen molar-refractivity contribution in [2.45, 2.75) is 62.3 Å². The Morgan fingerprint density at radius 1 is 1.23 bits per heavy atom. The van der Waals surface area contributed by atoms with Crippen molar-refractivity contribution in [3.05, 3.63) is 48.1 Å². The summed E-state index contributed by atoms with van der Waals surface area (Å²) in [4.78, 5) is 4.43. The molecule has 0 unspecified atom stereocenters. The Labute approximate surface area is 180 Å². The SMILES string of the molecule is CC(C)c1noc([C@H]2CC[C@H](n3cc(Oc4ccc(S(C)(=O)=O)cc4F)cn3)CC2)n1. The Balaban J connectivity index is 1.38. The summed E-state index contributed by atoms with van der Waals surface area (Å²) in [6, 6.07) is 3.79. The van der Waals surface area contributed by atoms with Crippen LogP contribution in [0.25, 0.3) is 0 Å². The highest BCUT2D eigenvalue weighted by Crippen LogP contribution is 2.38. The van der Waals surface area contributed by atoms with Gasteiger partial charge in [0.2, 0.25) is 5.89 Å². The van der Waals surface area contributed by atoms with Crippen LogP contribution in [0.4, 0.5) is 4.39 Å². The molecule has 0 amide bonds. The normalized spacial score (nSPS) is 19.6. The third kappa shape index (κ3) is 4.79. The van der Waals surface area contributed by atoms with Crippen LogP contribution in [0.2, 0.25) is 0 Å². The zero-order valence-corrected chi connectivity index (χ0v) is 18.5. The first-order valence-electron chi connectivity index (χ1n) is 10.3. The minimum Gasteiger partial charge on any atom is -0.451 e. The molecule has 4 rings (SSSR count). The quantitative estimate of drug-likeness (QED) is 0.542. The van der Waals surface area contributed by atoms with Crippen molar-refractivity contribution in [3.8, 4) is 11.5 Å². The van der Waals surface area contributed by atoms with E-state index in [9.17, 15) is 12.8 Å². The van der Waals surface area contributed by atoms with E-state index in [0.717, 1.165) is 43.8 Å². The summed E-state index contributed by atoms with van der Waals surface area (Å²) in [5, 5.41) is 8.42. The first-order chi connectivity index (χ1) is 14.7. The van der Waals surface area contributed by atoms with Crippen LogP contribution in [-0.4, -0.2) is 34.6 Å². The molecule has 1 fully saturated rings. The number of halogens is 1. The molecular formula is C21H25FN4O4S. The average Bonchev–Trinajstić information content (AvgIpc) is 3.39. The maximum Gasteiger partial charge on any atom is 0.229 e. The Morgan fingerprint density at radius 2 is 1.97 bits per heavy atom. The van der Waals surface area contributed by atoms with Crippen LogP contribution in [0.5, 0.6) is 11.5 Å². The van der Waals surface area contributed by atoms with Gasteiger partial charge in [0, 0.05) is 18.1 Å². The Hall–Kier alpha value is -2.75. The van der Waals surface area contributed by atoms with E-state index in [1.807, 2.05) is 18.5 Å². The van der Waals surface area contributed by atoms with Crippen molar-refractivity contribution < 1.29 is 22.1 Å². The molecule has 166 valence electrons. The molecule has 0 N–H and O–H groups in total. The van der Waals surface area contributed by atoms with E-state index in [2.05, 4.69) is 15.2 Å². The number of rotatable bonds is 6. The van der Waals surface area contributed by atoms with Gasteiger partial charge in [-0.2, -0.15) is 10.1 Å². The van der Waals surface area contributed by atoms with Crippen molar-refractivity contribution >= 4 is 9.84 Å². The van der Waals surface area contributed by atoms with Crippen LogP contribution in [0.1, 0.15) is 69.1 Å². The number of benzene rings is 1. The molecular weight excluding hydrogens is 423 g/mol. The van der Waals surface area contributed by atoms with Crippen LogP contribution in [0.3, 0.4) is 0 Å². The van der Waals surface area contributed by atoms with Gasteiger partial charge in [-0.1, -0.05) is 19.0 Å². The van der Waals surface area contributed by atoms with E-state index in [-0.39, 0.29) is 28.5 Å². The molecule has 10 heteroatoms. The molecule has 0 spiro atoms. The van der Waals surface area contributed by atoms with Gasteiger partial charge in [0.05, 0.1) is 23.3 Å². The van der Waals surface area contributed by atoms with Gasteiger partial charge in [-0.05, 0) is 43.9 Å². The van der Waals surface area contributed by atoms with Crippen LogP contribution in [0, 0.1) is 5.82 Å². The van der Waals surface area contributed by atoms with E-state index in [0.29, 0.717) is 11.6 Å². The van der Waals surface area contributed by atoms with Gasteiger partial charge in [0.15, 0.2) is 33.0 Å². The van der Waals surface area contributed by atoms with Gasteiger partial charge >= 0.3 is 0 Å². The average molecular weight is 449 g/mol. The standard InChI is InChI=1S/C21H25FN4O4S/c1-13(2)20-24-21(30-25-20)14-4-6-15(7-5-14)26-12-16(11-23-26)29-19-9-8-17(10-18(19)22)31(3,27)28/h8-15H,4-7H2,1-3H3/t14-,15-. The van der Waals surface area contributed by atoms with Crippen LogP contribution < -0.4 is 4.74 Å². The molecule has 3 aromatic rings. The highest BCUT2D eigenvalue weighted by Gasteiger charge is 2.28. The van der Waals surface area contributed by atoms with Crippen molar-refractivity contribution in [2.75, 3.05) is 6.26 Å². The zero-order chi connectivity index (χ0) is 22.2. The second-order valence-electron chi connectivity index (χ2n) is 8.27. The number of nitrogens with zero attached hydrogens (tertiary/aromatic N) is 4. The third-order valence-corrected chi connectivity index (χ3v) is 6.64. The molecule has 1 aliphatic carbocycles. The van der Waals surface area contributed by atoms with Gasteiger partial charge < -0.3 is 9.26 Å². The Morgan fingerprint density at radius 3 is 2.58 bits per heavy atom. The van der Waals surface area contributed by atoms with Gasteiger partial charge in [0.1, 0.15) is 0 Å². The Kier molecular flexibility index (Phi) is 5.83. The summed E-state index contributed by atoms with van der Waals surface area (Å²) >= 11 is 0. The van der Waals surface area contributed by atoms with E-state index >= 15 is 0 Å². The van der Waals surface area contributed by atoms with Crippen molar-refractivity contribution in [3.63, 3.8) is 0 Å². The third-order valence-electron chi connectivity index (χ3n) is 5.53. The lowest BCUT2D eigenvalue weighted by molar-refractivity contribution is 0.260. The van der Waals surface area contributed by atoms with Crippen LogP contribution in [0.15, 0.2) is 40.0 Å². The maximum atomic E-state index is 14.2. The first kappa shape index (κ1) is 21.5. The summed E-state index contributed by atoms with van der Waals surface area (Å²) in [5.74, 6) is 1.55. The van der Waals surface area contributed by atoms with Gasteiger partial charge in [-0.15, -0.1) is 0 Å². The first-order valence-corrected chi connectivity index (χ1v) is 12.1. The van der Waals surface area contributed by atoms with Crippen molar-refractivity contribution in [2.24, 2.45) is 0 Å². The van der Waals surface area contributed by atoms with E-state index in [4.69, 9.17) is 9.26 Å². The largest absolute Gasteiger partial charge is 0.451 e. The highest BCUT2D eigenvalue weighted by atomic mass is 32.2. The van der Waals surface area contributed by atoms with E-state index < -0.39 is 15.7 Å². The fourth-order valence-electron chi connectivity index (χ4n) is 3.73. The van der Waals surface area contributed by atoms with Crippen molar-refractivity contribution in [1.29, 1.82) is 0 Å². The van der Waals surface area contributed by atoms with E-state index in [1.165, 1.54) is 18.3 Å². The molecule has 1 saturated carbocycles. The molecule has 8 nitrogen and oxygen atoms in total. The fourth-order valence-corrected chi connectivity index (χ4v) is 4.36. The maximum absolute atomic E-state index is 14.2. The molecule has 2 heterocycles. The monoisotopic (exact) mass is 448 g/mol. The number of aromatic nitrogens is 4. The second kappa shape index (κ2) is 8.41. The number of hydrogen-bond acceptors (Lipinski definition) is 7. The minimum absolute atomic E-state index is 0.0481. The minimum atomic E-state index is -3.48. The fraction of sp³-hybridized carbons (Fsp3) is 0.476. The predicted molar refractivity (Wildman–Crippen MR) is 110 cm³/mol. The van der Waals surface area contributed by atoms with E-state index in [1.54, 1.807) is 6.20 Å². The molecule has 0 bridgehead atoms. The Bertz CT molecular complexity index is 1160. The molecule has 0 saturated heterocycles. The van der Waals surface area contributed by atoms with Crippen LogP contribution in [-0.2, 0) is 9.84 Å². The number of sulfone groups is 1. The van der Waals surface area contributed by atoms with Gasteiger partial charge in [0.25, 0.3) is 0 Å². The van der Waals surface area contributed by atoms with Crippen molar-refractivity contribution in [1.82, 2.24) is 19.9 Å². The molecule has 0 aliphatic heterocycles. The second-order valence-corrected chi connectivity index (χ2v) is 10.3. The lowest BCUT2D eigenvalue weighted by atomic mass is 9.86. The topological polar surface area (TPSA) is 100 Å². The number of ether oxygens (including phenoxy) is 1. The zero-order valence-electron chi connectivity index (χ0n) is 17.7. The molecule has 2 aromatic heterocycles. The molecule has 0 atom stereocenters. The summed E-state index contributed by atoms with van der Waals surface area (Å²) in [6.45, 7) is 4.07. The summed E-state index contributed by atoms with van der Waals surface area (Å²) in [7, 11) is -3.48. The summed E-state index contributed by atoms with van der Waals surface area (Å²) in [6.07, 6.45) is 7.94. The smallest absolute Gasteiger partial charge is 0.229 e. The highest BCUT2D eigenvalue weighted by molar-refractivity contribution is 7.90. The lowest BCUT2D eigenvalue weighted by Gasteiger charge is -2.26. The lowest BCUT2D eigenvalue weighted by Crippen LogP contribution is -2.17. The molecule has 0 radical (unpaired) electrons. The summed E-state index contributed by atoms with van der Waals surface area (Å²) < 4.78 is 50.2. The predicted octanol–water partition coefficient (Wildman–Crippen LogP) is 4.62. The van der Waals surface area contributed by atoms with Gasteiger partial charge in [-0.3, -0.25) is 4.68 Å². The molecule has 31 heavy (non-hydrogen) atoms. The van der Waals surface area contributed by atoms with Crippen LogP contribution >= 0.6 is 0 Å².